The van der Waals surface area contributed by atoms with E-state index in [1.54, 1.807) is 0 Å². The molecule has 8 heteroatoms. The van der Waals surface area contributed by atoms with Gasteiger partial charge in [-0.25, -0.2) is 9.97 Å². The number of hydrogen-bond acceptors (Lipinski definition) is 8. The van der Waals surface area contributed by atoms with Gasteiger partial charge < -0.3 is 25.8 Å². The Bertz CT molecular complexity index is 1050. The van der Waals surface area contributed by atoms with Gasteiger partial charge in [-0.3, -0.25) is 4.79 Å². The fourth-order valence-corrected chi connectivity index (χ4v) is 5.36. The predicted molar refractivity (Wildman–Crippen MR) is 134 cm³/mol. The van der Waals surface area contributed by atoms with Gasteiger partial charge in [0.1, 0.15) is 24.4 Å². The van der Waals surface area contributed by atoms with Crippen LogP contribution in [-0.4, -0.2) is 47.8 Å². The van der Waals surface area contributed by atoms with Crippen molar-refractivity contribution in [3.05, 3.63) is 29.6 Å². The zero-order valence-electron chi connectivity index (χ0n) is 20.8. The van der Waals surface area contributed by atoms with E-state index in [9.17, 15) is 4.79 Å². The van der Waals surface area contributed by atoms with E-state index in [4.69, 9.17) is 20.9 Å². The highest BCUT2D eigenvalue weighted by molar-refractivity contribution is 5.85. The lowest BCUT2D eigenvalue weighted by molar-refractivity contribution is -0.141. The number of aromatic nitrogens is 2. The summed E-state index contributed by atoms with van der Waals surface area (Å²) >= 11 is 0. The van der Waals surface area contributed by atoms with E-state index in [0.717, 1.165) is 65.9 Å². The number of esters is 1. The maximum atomic E-state index is 12.5. The second kappa shape index (κ2) is 9.78. The highest BCUT2D eigenvalue weighted by Gasteiger charge is 2.38. The summed E-state index contributed by atoms with van der Waals surface area (Å²) in [4.78, 5) is 23.5. The van der Waals surface area contributed by atoms with E-state index in [-0.39, 0.29) is 30.1 Å². The number of nitrogens with zero attached hydrogens (tertiary/aromatic N) is 3. The van der Waals surface area contributed by atoms with E-state index in [1.807, 2.05) is 19.9 Å². The number of ether oxygens (including phenoxy) is 2. The first-order valence-corrected chi connectivity index (χ1v) is 12.3. The minimum atomic E-state index is -0.276. The van der Waals surface area contributed by atoms with Crippen LogP contribution in [-0.2, 0) is 21.4 Å². The first-order valence-electron chi connectivity index (χ1n) is 12.3. The number of hydrogen-bond donors (Lipinski definition) is 2. The summed E-state index contributed by atoms with van der Waals surface area (Å²) in [7, 11) is 0. The van der Waals surface area contributed by atoms with Crippen molar-refractivity contribution in [1.82, 2.24) is 9.97 Å². The van der Waals surface area contributed by atoms with Crippen LogP contribution in [0.2, 0.25) is 0 Å². The lowest BCUT2D eigenvalue weighted by Crippen LogP contribution is -2.36. The highest BCUT2D eigenvalue weighted by Crippen LogP contribution is 2.49. The maximum Gasteiger partial charge on any atom is 0.325 e. The third kappa shape index (κ3) is 4.69. The normalized spacial score (nSPS) is 20.7. The molecule has 0 unspecified atom stereocenters. The van der Waals surface area contributed by atoms with Gasteiger partial charge in [-0.15, -0.1) is 0 Å². The molecule has 0 amide bonds. The summed E-state index contributed by atoms with van der Waals surface area (Å²) in [6.07, 6.45) is 6.14. The molecule has 4 rings (SSSR count). The average molecular weight is 468 g/mol. The van der Waals surface area contributed by atoms with Crippen LogP contribution in [0.4, 0.5) is 11.5 Å². The van der Waals surface area contributed by atoms with E-state index in [2.05, 4.69) is 34.8 Å². The molecule has 1 fully saturated rings. The molecule has 0 atom stereocenters. The Labute approximate surface area is 202 Å². The molecule has 1 saturated carbocycles. The third-order valence-electron chi connectivity index (χ3n) is 7.01. The summed E-state index contributed by atoms with van der Waals surface area (Å²) in [5.41, 5.74) is 17.0. The standard InChI is InChI=1S/C26H37N5O3/c1-5-31(14-21(32)33-6-2)24-19-13-26(3,4)22-23(29-15-30-25(22)28)18(19)11-12-20(24)34-17-9-7-16(27)8-10-17/h11-12,15-17H,5-10,13-14,27H2,1-4H3,(H2,28,29,30)/t16-,17+. The molecule has 0 aliphatic heterocycles. The highest BCUT2D eigenvalue weighted by atomic mass is 16.5. The molecule has 34 heavy (non-hydrogen) atoms. The van der Waals surface area contributed by atoms with Crippen molar-refractivity contribution < 1.29 is 14.3 Å². The quantitative estimate of drug-likeness (QED) is 0.593. The van der Waals surface area contributed by atoms with Crippen LogP contribution in [0.5, 0.6) is 5.75 Å². The van der Waals surface area contributed by atoms with E-state index < -0.39 is 0 Å². The Kier molecular flexibility index (Phi) is 6.98. The van der Waals surface area contributed by atoms with Crippen LogP contribution in [0, 0.1) is 0 Å². The van der Waals surface area contributed by atoms with Gasteiger partial charge in [0.15, 0.2) is 0 Å². The van der Waals surface area contributed by atoms with Crippen LogP contribution >= 0.6 is 0 Å². The molecule has 4 N–H and O–H groups in total. The van der Waals surface area contributed by atoms with Gasteiger partial charge in [0.05, 0.1) is 24.1 Å². The van der Waals surface area contributed by atoms with E-state index in [0.29, 0.717) is 19.0 Å². The number of benzene rings is 1. The van der Waals surface area contributed by atoms with Crippen LogP contribution in [0.3, 0.4) is 0 Å². The largest absolute Gasteiger partial charge is 0.488 e. The molecule has 2 aliphatic carbocycles. The molecule has 0 radical (unpaired) electrons. The molecule has 0 bridgehead atoms. The third-order valence-corrected chi connectivity index (χ3v) is 7.01. The number of carbonyl (C=O) groups is 1. The summed E-state index contributed by atoms with van der Waals surface area (Å²) in [5.74, 6) is 1.06. The summed E-state index contributed by atoms with van der Waals surface area (Å²) in [6, 6.07) is 4.33. The second-order valence-corrected chi connectivity index (χ2v) is 9.96. The van der Waals surface area contributed by atoms with Gasteiger partial charge in [-0.1, -0.05) is 13.8 Å². The zero-order valence-corrected chi connectivity index (χ0v) is 20.8. The number of rotatable bonds is 7. The fraction of sp³-hybridized carbons (Fsp3) is 0.577. The van der Waals surface area contributed by atoms with Crippen molar-refractivity contribution in [2.75, 3.05) is 30.3 Å². The second-order valence-electron chi connectivity index (χ2n) is 9.96. The first kappa shape index (κ1) is 24.3. The molecule has 2 aliphatic rings. The Morgan fingerprint density at radius 2 is 1.91 bits per heavy atom. The van der Waals surface area contributed by atoms with Crippen molar-refractivity contribution in [2.24, 2.45) is 5.73 Å². The molecule has 1 aromatic carbocycles. The molecular weight excluding hydrogens is 430 g/mol. The minimum absolute atomic E-state index is 0.111. The Morgan fingerprint density at radius 1 is 1.18 bits per heavy atom. The van der Waals surface area contributed by atoms with Crippen LogP contribution in [0.1, 0.15) is 64.5 Å². The predicted octanol–water partition coefficient (Wildman–Crippen LogP) is 3.60. The number of likely N-dealkylation sites (N-methyl/N-ethyl adjacent to an activating group) is 1. The molecule has 184 valence electrons. The van der Waals surface area contributed by atoms with Gasteiger partial charge >= 0.3 is 5.97 Å². The molecule has 1 heterocycles. The molecule has 2 aromatic rings. The van der Waals surface area contributed by atoms with Gasteiger partial charge in [0, 0.05) is 23.7 Å². The fourth-order valence-electron chi connectivity index (χ4n) is 5.36. The van der Waals surface area contributed by atoms with E-state index in [1.165, 1.54) is 6.33 Å². The number of fused-ring (bicyclic) bond motifs is 3. The van der Waals surface area contributed by atoms with Gasteiger partial charge in [-0.2, -0.15) is 0 Å². The lowest BCUT2D eigenvalue weighted by atomic mass is 9.71. The maximum absolute atomic E-state index is 12.5. The van der Waals surface area contributed by atoms with Crippen molar-refractivity contribution in [3.8, 4) is 17.0 Å². The van der Waals surface area contributed by atoms with Crippen LogP contribution in [0.25, 0.3) is 11.3 Å². The molecular formula is C26H37N5O3. The number of nitrogen functional groups attached to an aromatic ring is 1. The van der Waals surface area contributed by atoms with E-state index >= 15 is 0 Å². The SMILES string of the molecule is CCOC(=O)CN(CC)c1c(O[C@H]2CC[C@@H](N)CC2)ccc2c1CC(C)(C)c1c(N)ncnc1-2. The van der Waals surface area contributed by atoms with Crippen molar-refractivity contribution in [1.29, 1.82) is 0 Å². The Balaban J connectivity index is 1.83. The Morgan fingerprint density at radius 3 is 2.59 bits per heavy atom. The first-order chi connectivity index (χ1) is 16.2. The molecule has 0 spiro atoms. The number of nitrogens with two attached hydrogens (primary N) is 2. The molecule has 0 saturated heterocycles. The molecule has 1 aromatic heterocycles. The van der Waals surface area contributed by atoms with Crippen LogP contribution in [0.15, 0.2) is 18.5 Å². The summed E-state index contributed by atoms with van der Waals surface area (Å²) < 4.78 is 11.9. The Hall–Kier alpha value is -2.87. The summed E-state index contributed by atoms with van der Waals surface area (Å²) in [5, 5.41) is 0. The number of carbonyl (C=O) groups excluding carboxylic acids is 1. The van der Waals surface area contributed by atoms with Crippen molar-refractivity contribution in [2.45, 2.75) is 77.4 Å². The number of anilines is 2. The minimum Gasteiger partial charge on any atom is -0.488 e. The smallest absolute Gasteiger partial charge is 0.325 e. The average Bonchev–Trinajstić information content (AvgIpc) is 2.79. The monoisotopic (exact) mass is 467 g/mol. The van der Waals surface area contributed by atoms with Gasteiger partial charge in [-0.05, 0) is 69.1 Å². The van der Waals surface area contributed by atoms with Crippen LogP contribution < -0.4 is 21.1 Å². The van der Waals surface area contributed by atoms with Crippen molar-refractivity contribution in [3.63, 3.8) is 0 Å². The van der Waals surface area contributed by atoms with Crippen molar-refractivity contribution >= 4 is 17.5 Å². The topological polar surface area (TPSA) is 117 Å². The lowest BCUT2D eigenvalue weighted by Gasteiger charge is -2.38. The zero-order chi connectivity index (χ0) is 24.5. The van der Waals surface area contributed by atoms with Gasteiger partial charge in [0.2, 0.25) is 0 Å². The summed E-state index contributed by atoms with van der Waals surface area (Å²) in [6.45, 7) is 9.35. The van der Waals surface area contributed by atoms with Gasteiger partial charge in [0.25, 0.3) is 0 Å². The molecule has 8 nitrogen and oxygen atoms in total.